The topological polar surface area (TPSA) is 86.6 Å². The maximum atomic E-state index is 12.3. The Kier molecular flexibility index (Phi) is 4.27. The molecule has 3 fully saturated rings. The number of piperidine rings is 1. The minimum Gasteiger partial charge on any atom is -0.480 e. The molecule has 0 unspecified atom stereocenters. The van der Waals surface area contributed by atoms with Crippen LogP contribution in [0.1, 0.15) is 42.7 Å². The average Bonchev–Trinajstić information content (AvgIpc) is 3.28. The molecule has 3 aliphatic rings. The Hall–Kier alpha value is -1.54. The van der Waals surface area contributed by atoms with Crippen LogP contribution in [0.2, 0.25) is 0 Å². The Morgan fingerprint density at radius 2 is 2.04 bits per heavy atom. The standard InChI is InChI=1S/C17H24N4O3S/c1-11-14(25-19-18-11)9-21-10-17(8-13(21)16(23)24)4-6-20(7-5-17)15(22)12-2-3-12/h12-13H,2-10H2,1H3,(H,23,24)/t13-/m0/s1. The smallest absolute Gasteiger partial charge is 0.320 e. The fraction of sp³-hybridized carbons (Fsp3) is 0.765. The first-order valence-corrected chi connectivity index (χ1v) is 9.78. The highest BCUT2D eigenvalue weighted by Crippen LogP contribution is 2.45. The second-order valence-electron chi connectivity index (χ2n) is 7.84. The van der Waals surface area contributed by atoms with Crippen molar-refractivity contribution >= 4 is 23.4 Å². The van der Waals surface area contributed by atoms with Gasteiger partial charge >= 0.3 is 5.97 Å². The van der Waals surface area contributed by atoms with E-state index >= 15 is 0 Å². The highest BCUT2D eigenvalue weighted by Gasteiger charge is 2.49. The molecule has 0 bridgehead atoms. The third-order valence-electron chi connectivity index (χ3n) is 6.05. The molecule has 2 aliphatic heterocycles. The molecule has 1 N–H and O–H groups in total. The van der Waals surface area contributed by atoms with Gasteiger partial charge < -0.3 is 10.0 Å². The molecule has 25 heavy (non-hydrogen) atoms. The molecule has 0 aromatic carbocycles. The Balaban J connectivity index is 1.44. The van der Waals surface area contributed by atoms with Gasteiger partial charge in [0, 0.05) is 32.1 Å². The fourth-order valence-corrected chi connectivity index (χ4v) is 4.95. The first-order valence-electron chi connectivity index (χ1n) is 9.01. The van der Waals surface area contributed by atoms with Gasteiger partial charge in [-0.3, -0.25) is 14.5 Å². The number of carboxylic acids is 1. The van der Waals surface area contributed by atoms with Gasteiger partial charge in [-0.2, -0.15) is 0 Å². The van der Waals surface area contributed by atoms with Crippen LogP contribution < -0.4 is 0 Å². The van der Waals surface area contributed by atoms with Crippen molar-refractivity contribution < 1.29 is 14.7 Å². The summed E-state index contributed by atoms with van der Waals surface area (Å²) in [6, 6.07) is -0.452. The van der Waals surface area contributed by atoms with Crippen molar-refractivity contribution in [2.75, 3.05) is 19.6 Å². The lowest BCUT2D eigenvalue weighted by atomic mass is 9.76. The van der Waals surface area contributed by atoms with Crippen molar-refractivity contribution in [3.8, 4) is 0 Å². The highest BCUT2D eigenvalue weighted by molar-refractivity contribution is 7.05. The second kappa shape index (κ2) is 6.32. The van der Waals surface area contributed by atoms with E-state index in [1.54, 1.807) is 0 Å². The van der Waals surface area contributed by atoms with Crippen molar-refractivity contribution in [2.45, 2.75) is 51.6 Å². The third kappa shape index (κ3) is 3.29. The fourth-order valence-electron chi connectivity index (χ4n) is 4.29. The van der Waals surface area contributed by atoms with Crippen LogP contribution in [0.25, 0.3) is 0 Å². The van der Waals surface area contributed by atoms with E-state index in [1.807, 2.05) is 11.8 Å². The molecule has 1 saturated carbocycles. The van der Waals surface area contributed by atoms with Gasteiger partial charge in [-0.15, -0.1) is 5.10 Å². The predicted octanol–water partition coefficient (Wildman–Crippen LogP) is 1.52. The molecular formula is C17H24N4O3S. The number of carboxylic acid groups (broad SMARTS) is 1. The van der Waals surface area contributed by atoms with E-state index in [9.17, 15) is 14.7 Å². The predicted molar refractivity (Wildman–Crippen MR) is 92.1 cm³/mol. The molecule has 1 aromatic heterocycles. The Morgan fingerprint density at radius 3 is 2.60 bits per heavy atom. The van der Waals surface area contributed by atoms with Gasteiger partial charge in [0.25, 0.3) is 0 Å². The number of likely N-dealkylation sites (tertiary alicyclic amines) is 2. The summed E-state index contributed by atoms with van der Waals surface area (Å²) in [4.78, 5) is 29.2. The number of rotatable bonds is 4. The van der Waals surface area contributed by atoms with Crippen LogP contribution >= 0.6 is 11.5 Å². The highest BCUT2D eigenvalue weighted by atomic mass is 32.1. The van der Waals surface area contributed by atoms with E-state index in [0.717, 1.165) is 55.9 Å². The van der Waals surface area contributed by atoms with Gasteiger partial charge in [-0.25, -0.2) is 0 Å². The van der Waals surface area contributed by atoms with E-state index in [4.69, 9.17) is 0 Å². The van der Waals surface area contributed by atoms with Crippen LogP contribution in [0, 0.1) is 18.3 Å². The average molecular weight is 364 g/mol. The molecule has 1 aliphatic carbocycles. The first kappa shape index (κ1) is 16.9. The second-order valence-corrected chi connectivity index (χ2v) is 8.68. The summed E-state index contributed by atoms with van der Waals surface area (Å²) in [5.74, 6) is -0.169. The number of aryl methyl sites for hydroxylation is 1. The number of hydrogen-bond donors (Lipinski definition) is 1. The van der Waals surface area contributed by atoms with Gasteiger partial charge in [0.05, 0.1) is 10.6 Å². The summed E-state index contributed by atoms with van der Waals surface area (Å²) in [5.41, 5.74) is 0.912. The zero-order valence-corrected chi connectivity index (χ0v) is 15.3. The number of amides is 1. The Bertz CT molecular complexity index is 679. The molecule has 136 valence electrons. The van der Waals surface area contributed by atoms with Gasteiger partial charge in [0.15, 0.2) is 0 Å². The normalized spacial score (nSPS) is 26.3. The Labute approximate surface area is 151 Å². The van der Waals surface area contributed by atoms with E-state index in [2.05, 4.69) is 14.5 Å². The molecule has 0 radical (unpaired) electrons. The van der Waals surface area contributed by atoms with E-state index in [1.165, 1.54) is 11.5 Å². The van der Waals surface area contributed by atoms with Crippen molar-refractivity contribution in [1.29, 1.82) is 0 Å². The maximum absolute atomic E-state index is 12.3. The minimum atomic E-state index is -0.747. The van der Waals surface area contributed by atoms with Gasteiger partial charge in [-0.05, 0) is 56.0 Å². The Morgan fingerprint density at radius 1 is 1.32 bits per heavy atom. The van der Waals surface area contributed by atoms with Crippen LogP contribution in [-0.4, -0.2) is 62.0 Å². The summed E-state index contributed by atoms with van der Waals surface area (Å²) >= 11 is 1.35. The van der Waals surface area contributed by atoms with E-state index in [0.29, 0.717) is 18.9 Å². The molecule has 1 spiro atoms. The van der Waals surface area contributed by atoms with Gasteiger partial charge in [-0.1, -0.05) is 4.49 Å². The minimum absolute atomic E-state index is 0.0232. The summed E-state index contributed by atoms with van der Waals surface area (Å²) in [7, 11) is 0. The maximum Gasteiger partial charge on any atom is 0.320 e. The SMILES string of the molecule is Cc1nnsc1CN1CC2(CCN(C(=O)C3CC3)CC2)C[C@H]1C(=O)O. The molecule has 2 saturated heterocycles. The summed E-state index contributed by atoms with van der Waals surface area (Å²) in [5, 5.41) is 13.7. The molecule has 7 nitrogen and oxygen atoms in total. The molecule has 4 rings (SSSR count). The lowest BCUT2D eigenvalue weighted by Crippen LogP contribution is -2.44. The summed E-state index contributed by atoms with van der Waals surface area (Å²) in [6.45, 7) is 4.86. The zero-order chi connectivity index (χ0) is 17.6. The third-order valence-corrected chi connectivity index (χ3v) is 6.85. The molecule has 8 heteroatoms. The van der Waals surface area contributed by atoms with Crippen LogP contribution in [0.3, 0.4) is 0 Å². The van der Waals surface area contributed by atoms with Crippen molar-refractivity contribution in [1.82, 2.24) is 19.4 Å². The largest absolute Gasteiger partial charge is 0.480 e. The van der Waals surface area contributed by atoms with Gasteiger partial charge in [0.2, 0.25) is 5.91 Å². The molecule has 1 amide bonds. The number of aliphatic carboxylic acids is 1. The van der Waals surface area contributed by atoms with Gasteiger partial charge in [0.1, 0.15) is 6.04 Å². The zero-order valence-electron chi connectivity index (χ0n) is 14.5. The molecule has 3 heterocycles. The van der Waals surface area contributed by atoms with Crippen molar-refractivity contribution in [2.24, 2.45) is 11.3 Å². The quantitative estimate of drug-likeness (QED) is 0.872. The van der Waals surface area contributed by atoms with Crippen LogP contribution in [0.4, 0.5) is 0 Å². The number of nitrogens with zero attached hydrogens (tertiary/aromatic N) is 4. The lowest BCUT2D eigenvalue weighted by Gasteiger charge is -2.39. The summed E-state index contributed by atoms with van der Waals surface area (Å²) in [6.07, 6.45) is 4.57. The summed E-state index contributed by atoms with van der Waals surface area (Å²) < 4.78 is 3.96. The number of hydrogen-bond acceptors (Lipinski definition) is 6. The number of carbonyl (C=O) groups excluding carboxylic acids is 1. The van der Waals surface area contributed by atoms with Crippen LogP contribution in [0.15, 0.2) is 0 Å². The molecule has 1 atom stereocenters. The van der Waals surface area contributed by atoms with Crippen molar-refractivity contribution in [3.63, 3.8) is 0 Å². The van der Waals surface area contributed by atoms with Crippen LogP contribution in [-0.2, 0) is 16.1 Å². The van der Waals surface area contributed by atoms with E-state index in [-0.39, 0.29) is 11.3 Å². The van der Waals surface area contributed by atoms with Crippen molar-refractivity contribution in [3.05, 3.63) is 10.6 Å². The first-order chi connectivity index (χ1) is 12.0. The molecular weight excluding hydrogens is 340 g/mol. The number of carbonyl (C=O) groups is 2. The van der Waals surface area contributed by atoms with Crippen LogP contribution in [0.5, 0.6) is 0 Å². The lowest BCUT2D eigenvalue weighted by molar-refractivity contribution is -0.142. The molecule has 1 aromatic rings. The number of aromatic nitrogens is 2. The van der Waals surface area contributed by atoms with E-state index < -0.39 is 12.0 Å². The monoisotopic (exact) mass is 364 g/mol.